The topological polar surface area (TPSA) is 131 Å². The fraction of sp³-hybridized carbons (Fsp3) is 0.448. The second-order valence-electron chi connectivity index (χ2n) is 11.5. The van der Waals surface area contributed by atoms with Gasteiger partial charge in [-0.15, -0.1) is 0 Å². The highest BCUT2D eigenvalue weighted by molar-refractivity contribution is 7.99. The molecule has 1 aliphatic carbocycles. The minimum absolute atomic E-state index is 0.0240. The third kappa shape index (κ3) is 5.98. The number of nitrogens with zero attached hydrogens (tertiary/aromatic N) is 8. The van der Waals surface area contributed by atoms with Crippen LogP contribution in [0.4, 0.5) is 17.6 Å². The lowest BCUT2D eigenvalue weighted by molar-refractivity contribution is 0.0815. The van der Waals surface area contributed by atoms with Gasteiger partial charge in [0.05, 0.1) is 12.4 Å². The Hall–Kier alpha value is -3.77. The number of hydrogen-bond acceptors (Lipinski definition) is 10. The van der Waals surface area contributed by atoms with Crippen LogP contribution in [0.1, 0.15) is 62.0 Å². The van der Waals surface area contributed by atoms with Gasteiger partial charge < -0.3 is 25.4 Å². The zero-order chi connectivity index (χ0) is 28.6. The molecule has 3 N–H and O–H groups in total. The number of anilines is 3. The van der Waals surface area contributed by atoms with E-state index in [2.05, 4.69) is 41.6 Å². The lowest BCUT2D eigenvalue weighted by Crippen LogP contribution is -2.48. The summed E-state index contributed by atoms with van der Waals surface area (Å²) in [5.41, 5.74) is 7.60. The van der Waals surface area contributed by atoms with Crippen LogP contribution in [0.5, 0.6) is 0 Å². The summed E-state index contributed by atoms with van der Waals surface area (Å²) in [6.45, 7) is 3.90. The Morgan fingerprint density at radius 1 is 1.05 bits per heavy atom. The summed E-state index contributed by atoms with van der Waals surface area (Å²) in [6.07, 6.45) is 13.5. The van der Waals surface area contributed by atoms with E-state index < -0.39 is 0 Å². The normalized spacial score (nSPS) is 17.2. The fourth-order valence-electron chi connectivity index (χ4n) is 5.52. The van der Waals surface area contributed by atoms with Crippen LogP contribution in [0.25, 0.3) is 11.0 Å². The average Bonchev–Trinajstić information content (AvgIpc) is 3.62. The first-order chi connectivity index (χ1) is 19.8. The number of nitrogens with one attached hydrogen (secondary N) is 1. The Labute approximate surface area is 244 Å². The molecule has 12 heteroatoms. The van der Waals surface area contributed by atoms with Gasteiger partial charge in [-0.3, -0.25) is 4.79 Å². The van der Waals surface area contributed by atoms with Gasteiger partial charge in [-0.05, 0) is 50.8 Å². The highest BCUT2D eigenvalue weighted by atomic mass is 32.2. The third-order valence-electron chi connectivity index (χ3n) is 7.93. The van der Waals surface area contributed by atoms with E-state index in [1.165, 1.54) is 11.8 Å². The number of amides is 1. The van der Waals surface area contributed by atoms with Crippen LogP contribution in [0.2, 0.25) is 0 Å². The second-order valence-corrected chi connectivity index (χ2v) is 12.6. The molecule has 1 amide bonds. The SMILES string of the molecule is CN(C)C(=O)c1cc2cnc(Nc3ccc(Sc4cnc(N5CCC(C)(N)CC5)cn4)cn3)nc2n1C1CCCC1. The molecule has 0 spiro atoms. The number of hydrogen-bond donors (Lipinski definition) is 2. The molecule has 4 aromatic heterocycles. The molecule has 11 nitrogen and oxygen atoms in total. The highest BCUT2D eigenvalue weighted by Crippen LogP contribution is 2.35. The fourth-order valence-corrected chi connectivity index (χ4v) is 6.21. The Kier molecular flexibility index (Phi) is 7.52. The smallest absolute Gasteiger partial charge is 0.270 e. The van der Waals surface area contributed by atoms with E-state index >= 15 is 0 Å². The molecule has 5 heterocycles. The Bertz CT molecular complexity index is 1520. The van der Waals surface area contributed by atoms with Crippen molar-refractivity contribution in [3.63, 3.8) is 0 Å². The number of fused-ring (bicyclic) bond motifs is 1. The van der Waals surface area contributed by atoms with E-state index in [-0.39, 0.29) is 17.5 Å². The first-order valence-corrected chi connectivity index (χ1v) is 14.9. The second kappa shape index (κ2) is 11.2. The number of rotatable bonds is 7. The van der Waals surface area contributed by atoms with Crippen LogP contribution in [0.3, 0.4) is 0 Å². The van der Waals surface area contributed by atoms with Crippen LogP contribution in [0, 0.1) is 0 Å². The molecular weight excluding hydrogens is 536 g/mol. The molecule has 0 atom stereocenters. The number of carbonyl (C=O) groups excluding carboxylic acids is 1. The standard InChI is InChI=1S/C29H36N10OS/c1-29(30)10-12-38(13-11-29)24-17-33-25(18-32-24)41-21-8-9-23(31-16-21)35-28-34-15-19-14-22(27(40)37(2)3)39(26(19)36-28)20-6-4-5-7-20/h8-9,14-18,20H,4-7,10-13,30H2,1-3H3,(H,31,34,35,36). The van der Waals surface area contributed by atoms with Crippen molar-refractivity contribution >= 4 is 46.3 Å². The minimum atomic E-state index is -0.0939. The van der Waals surface area contributed by atoms with Crippen molar-refractivity contribution < 1.29 is 4.79 Å². The molecule has 2 fully saturated rings. The first kappa shape index (κ1) is 27.4. The van der Waals surface area contributed by atoms with Crippen molar-refractivity contribution in [3.05, 3.63) is 48.7 Å². The van der Waals surface area contributed by atoms with E-state index in [4.69, 9.17) is 10.7 Å². The first-order valence-electron chi connectivity index (χ1n) is 14.1. The summed E-state index contributed by atoms with van der Waals surface area (Å²) >= 11 is 1.51. The molecule has 2 aliphatic rings. The quantitative estimate of drug-likeness (QED) is 0.323. The van der Waals surface area contributed by atoms with E-state index in [0.717, 1.165) is 78.4 Å². The number of carbonyl (C=O) groups is 1. The van der Waals surface area contributed by atoms with Crippen LogP contribution in [0.15, 0.2) is 52.9 Å². The van der Waals surface area contributed by atoms with Crippen molar-refractivity contribution in [2.24, 2.45) is 5.73 Å². The largest absolute Gasteiger partial charge is 0.355 e. The summed E-state index contributed by atoms with van der Waals surface area (Å²) < 4.78 is 2.11. The van der Waals surface area contributed by atoms with Gasteiger partial charge in [0, 0.05) is 61.4 Å². The van der Waals surface area contributed by atoms with Gasteiger partial charge in [0.2, 0.25) is 5.95 Å². The van der Waals surface area contributed by atoms with Crippen molar-refractivity contribution in [3.8, 4) is 0 Å². The van der Waals surface area contributed by atoms with Crippen molar-refractivity contribution in [1.82, 2.24) is 34.4 Å². The molecule has 214 valence electrons. The van der Waals surface area contributed by atoms with Crippen molar-refractivity contribution in [2.45, 2.75) is 67.0 Å². The van der Waals surface area contributed by atoms with E-state index in [1.54, 1.807) is 37.6 Å². The molecule has 41 heavy (non-hydrogen) atoms. The molecule has 1 saturated heterocycles. The summed E-state index contributed by atoms with van der Waals surface area (Å²) in [4.78, 5) is 40.9. The van der Waals surface area contributed by atoms with Crippen molar-refractivity contribution in [2.75, 3.05) is 37.4 Å². The predicted molar refractivity (Wildman–Crippen MR) is 161 cm³/mol. The van der Waals surface area contributed by atoms with Gasteiger partial charge in [0.15, 0.2) is 0 Å². The molecule has 0 radical (unpaired) electrons. The summed E-state index contributed by atoms with van der Waals surface area (Å²) in [5.74, 6) is 1.94. The summed E-state index contributed by atoms with van der Waals surface area (Å²) in [5, 5.41) is 4.89. The lowest BCUT2D eigenvalue weighted by atomic mass is 9.91. The molecule has 1 saturated carbocycles. The molecule has 0 aromatic carbocycles. The van der Waals surface area contributed by atoms with E-state index in [9.17, 15) is 4.79 Å². The third-order valence-corrected chi connectivity index (χ3v) is 8.83. The van der Waals surface area contributed by atoms with Gasteiger partial charge in [-0.2, -0.15) is 4.98 Å². The molecule has 6 rings (SSSR count). The monoisotopic (exact) mass is 572 g/mol. The molecule has 0 bridgehead atoms. The maximum absolute atomic E-state index is 13.0. The molecule has 4 aromatic rings. The Morgan fingerprint density at radius 2 is 1.83 bits per heavy atom. The van der Waals surface area contributed by atoms with E-state index in [0.29, 0.717) is 17.5 Å². The predicted octanol–water partition coefficient (Wildman–Crippen LogP) is 4.65. The number of nitrogens with two attached hydrogens (primary N) is 1. The van der Waals surface area contributed by atoms with Gasteiger partial charge >= 0.3 is 0 Å². The van der Waals surface area contributed by atoms with Crippen LogP contribution in [-0.4, -0.2) is 73.0 Å². The Morgan fingerprint density at radius 3 is 2.49 bits per heavy atom. The summed E-state index contributed by atoms with van der Waals surface area (Å²) in [6, 6.07) is 6.05. The summed E-state index contributed by atoms with van der Waals surface area (Å²) in [7, 11) is 3.55. The number of aromatic nitrogens is 6. The maximum atomic E-state index is 13.0. The minimum Gasteiger partial charge on any atom is -0.355 e. The highest BCUT2D eigenvalue weighted by Gasteiger charge is 2.27. The number of piperidine rings is 1. The van der Waals surface area contributed by atoms with E-state index in [1.807, 2.05) is 24.4 Å². The molecule has 0 unspecified atom stereocenters. The lowest BCUT2D eigenvalue weighted by Gasteiger charge is -2.37. The van der Waals surface area contributed by atoms with Gasteiger partial charge in [0.1, 0.15) is 28.0 Å². The van der Waals surface area contributed by atoms with Crippen LogP contribution >= 0.6 is 11.8 Å². The Balaban J connectivity index is 1.14. The zero-order valence-electron chi connectivity index (χ0n) is 23.7. The number of pyridine rings is 1. The maximum Gasteiger partial charge on any atom is 0.270 e. The van der Waals surface area contributed by atoms with Crippen LogP contribution in [-0.2, 0) is 0 Å². The molecular formula is C29H36N10OS. The molecule has 1 aliphatic heterocycles. The van der Waals surface area contributed by atoms with Gasteiger partial charge in [-0.1, -0.05) is 24.6 Å². The van der Waals surface area contributed by atoms with Gasteiger partial charge in [-0.25, -0.2) is 19.9 Å². The van der Waals surface area contributed by atoms with Crippen LogP contribution < -0.4 is 16.0 Å². The van der Waals surface area contributed by atoms with Crippen molar-refractivity contribution in [1.29, 1.82) is 0 Å². The zero-order valence-corrected chi connectivity index (χ0v) is 24.6. The average molecular weight is 573 g/mol. The van der Waals surface area contributed by atoms with Gasteiger partial charge in [0.25, 0.3) is 5.91 Å².